The van der Waals surface area contributed by atoms with Crippen LogP contribution in [0.3, 0.4) is 0 Å². The van der Waals surface area contributed by atoms with Crippen LogP contribution in [-0.2, 0) is 17.8 Å². The quantitative estimate of drug-likeness (QED) is 0.456. The van der Waals surface area contributed by atoms with Crippen molar-refractivity contribution in [3.8, 4) is 11.5 Å². The zero-order chi connectivity index (χ0) is 23.1. The Bertz CT molecular complexity index is 1350. The van der Waals surface area contributed by atoms with Crippen molar-refractivity contribution < 1.29 is 18.7 Å². The van der Waals surface area contributed by atoms with Crippen LogP contribution in [0.1, 0.15) is 38.7 Å². The average molecular weight is 450 g/mol. The Morgan fingerprint density at radius 1 is 0.853 bits per heavy atom. The van der Waals surface area contributed by atoms with Gasteiger partial charge in [-0.1, -0.05) is 42.5 Å². The number of para-hydroxylation sites is 2. The predicted octanol–water partition coefficient (Wildman–Crippen LogP) is 5.35. The summed E-state index contributed by atoms with van der Waals surface area (Å²) in [5.41, 5.74) is 4.59. The fourth-order valence-electron chi connectivity index (χ4n) is 4.77. The van der Waals surface area contributed by atoms with E-state index >= 15 is 0 Å². The molecule has 6 rings (SSSR count). The number of nitrogens with zero attached hydrogens (tertiary/aromatic N) is 1. The third-order valence-electron chi connectivity index (χ3n) is 6.45. The number of fused-ring (bicyclic) bond motifs is 3. The van der Waals surface area contributed by atoms with Crippen molar-refractivity contribution in [1.82, 2.24) is 4.90 Å². The summed E-state index contributed by atoms with van der Waals surface area (Å²) in [6, 6.07) is 24.6. The molecule has 2 aliphatic rings. The second-order valence-electron chi connectivity index (χ2n) is 8.54. The Morgan fingerprint density at radius 3 is 2.29 bits per heavy atom. The molecule has 0 aliphatic carbocycles. The third kappa shape index (κ3) is 3.53. The molecule has 4 aromatic rings. The monoisotopic (exact) mass is 450 g/mol. The van der Waals surface area contributed by atoms with E-state index in [0.29, 0.717) is 36.0 Å². The second-order valence-corrected chi connectivity index (χ2v) is 8.54. The van der Waals surface area contributed by atoms with E-state index in [9.17, 15) is 9.59 Å². The summed E-state index contributed by atoms with van der Waals surface area (Å²) >= 11 is 0. The van der Waals surface area contributed by atoms with E-state index in [4.69, 9.17) is 9.15 Å². The molecule has 0 unspecified atom stereocenters. The molecule has 1 aromatic heterocycles. The number of furan rings is 1. The summed E-state index contributed by atoms with van der Waals surface area (Å²) in [6.07, 6.45) is 2.27. The van der Waals surface area contributed by atoms with E-state index in [1.807, 2.05) is 66.7 Å². The number of ether oxygens (including phenoxy) is 1. The van der Waals surface area contributed by atoms with Crippen LogP contribution in [0, 0.1) is 0 Å². The Balaban J connectivity index is 1.27. The standard InChI is InChI=1S/C28H22N2O4/c31-27(26-21-6-1-3-8-23(21)34-24-9-4-2-7-22(24)26)29-20-12-11-18-13-14-30(17-19(18)16-20)28(32)25-10-5-15-33-25/h1-12,15-16,26H,13-14,17H2,(H,29,31). The van der Waals surface area contributed by atoms with Gasteiger partial charge >= 0.3 is 0 Å². The topological polar surface area (TPSA) is 71.8 Å². The predicted molar refractivity (Wildman–Crippen MR) is 127 cm³/mol. The zero-order valence-corrected chi connectivity index (χ0v) is 18.4. The summed E-state index contributed by atoms with van der Waals surface area (Å²) in [5.74, 6) is 1.000. The van der Waals surface area contributed by atoms with Crippen LogP contribution < -0.4 is 10.1 Å². The number of hydrogen-bond acceptors (Lipinski definition) is 4. The Morgan fingerprint density at radius 2 is 1.59 bits per heavy atom. The third-order valence-corrected chi connectivity index (χ3v) is 6.45. The van der Waals surface area contributed by atoms with Gasteiger partial charge in [-0.15, -0.1) is 0 Å². The molecule has 0 fully saturated rings. The summed E-state index contributed by atoms with van der Waals surface area (Å²) < 4.78 is 11.3. The van der Waals surface area contributed by atoms with Crippen molar-refractivity contribution in [2.45, 2.75) is 18.9 Å². The number of amides is 2. The highest BCUT2D eigenvalue weighted by Crippen LogP contribution is 2.44. The van der Waals surface area contributed by atoms with Crippen LogP contribution in [0.15, 0.2) is 89.5 Å². The molecular formula is C28H22N2O4. The van der Waals surface area contributed by atoms with Gasteiger partial charge in [0.1, 0.15) is 11.5 Å². The van der Waals surface area contributed by atoms with Crippen LogP contribution >= 0.6 is 0 Å². The number of carbonyl (C=O) groups is 2. The van der Waals surface area contributed by atoms with Crippen LogP contribution in [-0.4, -0.2) is 23.3 Å². The van der Waals surface area contributed by atoms with Gasteiger partial charge in [0.15, 0.2) is 5.76 Å². The minimum atomic E-state index is -0.478. The normalized spacial score (nSPS) is 14.4. The fourth-order valence-corrected chi connectivity index (χ4v) is 4.77. The van der Waals surface area contributed by atoms with Crippen molar-refractivity contribution in [3.63, 3.8) is 0 Å². The molecule has 0 bridgehead atoms. The maximum absolute atomic E-state index is 13.5. The summed E-state index contributed by atoms with van der Waals surface area (Å²) in [7, 11) is 0. The maximum atomic E-state index is 13.5. The minimum Gasteiger partial charge on any atom is -0.459 e. The van der Waals surface area contributed by atoms with Crippen molar-refractivity contribution in [2.24, 2.45) is 0 Å². The van der Waals surface area contributed by atoms with Gasteiger partial charge in [-0.05, 0) is 53.9 Å². The summed E-state index contributed by atoms with van der Waals surface area (Å²) in [6.45, 7) is 1.11. The van der Waals surface area contributed by atoms with Crippen molar-refractivity contribution in [2.75, 3.05) is 11.9 Å². The number of carbonyl (C=O) groups excluding carboxylic acids is 2. The zero-order valence-electron chi connectivity index (χ0n) is 18.4. The lowest BCUT2D eigenvalue weighted by molar-refractivity contribution is -0.116. The molecule has 3 heterocycles. The molecular weight excluding hydrogens is 428 g/mol. The highest BCUT2D eigenvalue weighted by atomic mass is 16.5. The number of benzene rings is 3. The highest BCUT2D eigenvalue weighted by Gasteiger charge is 2.32. The summed E-state index contributed by atoms with van der Waals surface area (Å²) in [5, 5.41) is 3.10. The van der Waals surface area contributed by atoms with Gasteiger partial charge in [-0.3, -0.25) is 9.59 Å². The highest BCUT2D eigenvalue weighted by molar-refractivity contribution is 5.99. The van der Waals surface area contributed by atoms with Crippen LogP contribution in [0.2, 0.25) is 0 Å². The SMILES string of the molecule is O=C(Nc1ccc2c(c1)CN(C(=O)c1ccco1)CC2)C1c2ccccc2Oc2ccccc21. The van der Waals surface area contributed by atoms with Gasteiger partial charge < -0.3 is 19.4 Å². The van der Waals surface area contributed by atoms with Gasteiger partial charge in [0.05, 0.1) is 12.2 Å². The molecule has 2 aliphatic heterocycles. The van der Waals surface area contributed by atoms with Crippen LogP contribution in [0.5, 0.6) is 11.5 Å². The van der Waals surface area contributed by atoms with Crippen molar-refractivity contribution in [3.05, 3.63) is 113 Å². The maximum Gasteiger partial charge on any atom is 0.289 e. The van der Waals surface area contributed by atoms with Crippen molar-refractivity contribution >= 4 is 17.5 Å². The molecule has 2 amide bonds. The molecule has 0 saturated heterocycles. The van der Waals surface area contributed by atoms with Crippen molar-refractivity contribution in [1.29, 1.82) is 0 Å². The van der Waals surface area contributed by atoms with E-state index < -0.39 is 5.92 Å². The van der Waals surface area contributed by atoms with Gasteiger partial charge in [0, 0.05) is 29.9 Å². The first kappa shape index (κ1) is 20.3. The Labute approximate surface area is 196 Å². The van der Waals surface area contributed by atoms with Crippen LogP contribution in [0.25, 0.3) is 0 Å². The average Bonchev–Trinajstić information content (AvgIpc) is 3.41. The molecule has 34 heavy (non-hydrogen) atoms. The van der Waals surface area contributed by atoms with E-state index in [0.717, 1.165) is 23.1 Å². The molecule has 168 valence electrons. The number of anilines is 1. The smallest absolute Gasteiger partial charge is 0.289 e. The lowest BCUT2D eigenvalue weighted by atomic mass is 9.87. The molecule has 0 saturated carbocycles. The molecule has 1 N–H and O–H groups in total. The first-order chi connectivity index (χ1) is 16.7. The number of rotatable bonds is 3. The second kappa shape index (κ2) is 8.23. The van der Waals surface area contributed by atoms with E-state index in [1.165, 1.54) is 11.8 Å². The Kier molecular flexibility index (Phi) is 4.91. The first-order valence-electron chi connectivity index (χ1n) is 11.3. The van der Waals surface area contributed by atoms with Gasteiger partial charge in [-0.25, -0.2) is 0 Å². The minimum absolute atomic E-state index is 0.123. The first-order valence-corrected chi connectivity index (χ1v) is 11.3. The fraction of sp³-hybridized carbons (Fsp3) is 0.143. The molecule has 0 spiro atoms. The lowest BCUT2D eigenvalue weighted by Gasteiger charge is -2.29. The largest absolute Gasteiger partial charge is 0.459 e. The molecule has 0 atom stereocenters. The summed E-state index contributed by atoms with van der Waals surface area (Å²) in [4.78, 5) is 28.0. The number of hydrogen-bond donors (Lipinski definition) is 1. The molecule has 6 nitrogen and oxygen atoms in total. The lowest BCUT2D eigenvalue weighted by Crippen LogP contribution is -2.35. The van der Waals surface area contributed by atoms with E-state index in [1.54, 1.807) is 17.0 Å². The Hall–Kier alpha value is -4.32. The van der Waals surface area contributed by atoms with Gasteiger partial charge in [0.2, 0.25) is 5.91 Å². The molecule has 0 radical (unpaired) electrons. The number of nitrogens with one attached hydrogen (secondary N) is 1. The van der Waals surface area contributed by atoms with E-state index in [-0.39, 0.29) is 11.8 Å². The van der Waals surface area contributed by atoms with Crippen LogP contribution in [0.4, 0.5) is 5.69 Å². The molecule has 3 aromatic carbocycles. The van der Waals surface area contributed by atoms with Gasteiger partial charge in [0.25, 0.3) is 5.91 Å². The molecule has 6 heteroatoms. The van der Waals surface area contributed by atoms with E-state index in [2.05, 4.69) is 5.32 Å². The van der Waals surface area contributed by atoms with Gasteiger partial charge in [-0.2, -0.15) is 0 Å².